The van der Waals surface area contributed by atoms with Crippen molar-refractivity contribution < 1.29 is 28.2 Å². The van der Waals surface area contributed by atoms with Crippen LogP contribution < -0.4 is 24.8 Å². The van der Waals surface area contributed by atoms with Crippen molar-refractivity contribution in [3.05, 3.63) is 47.8 Å². The maximum Gasteiger partial charge on any atom is 0.254 e. The highest BCUT2D eigenvalue weighted by molar-refractivity contribution is 6.01. The zero-order valence-corrected chi connectivity index (χ0v) is 17.0. The maximum absolute atomic E-state index is 13.9. The summed E-state index contributed by atoms with van der Waals surface area (Å²) in [6, 6.07) is 7.86. The average molecular weight is 404 g/mol. The van der Waals surface area contributed by atoms with Crippen LogP contribution in [0.15, 0.2) is 36.4 Å². The average Bonchev–Trinajstić information content (AvgIpc) is 2.70. The Hall–Kier alpha value is -3.29. The van der Waals surface area contributed by atoms with Crippen LogP contribution in [-0.4, -0.2) is 39.2 Å². The van der Waals surface area contributed by atoms with Crippen LogP contribution in [0, 0.1) is 11.7 Å². The first kappa shape index (κ1) is 22.0. The van der Waals surface area contributed by atoms with Gasteiger partial charge in [0.1, 0.15) is 11.9 Å². The van der Waals surface area contributed by atoms with E-state index in [-0.39, 0.29) is 11.5 Å². The molecule has 0 aliphatic rings. The molecule has 7 nitrogen and oxygen atoms in total. The Bertz CT molecular complexity index is 860. The van der Waals surface area contributed by atoms with Crippen molar-refractivity contribution in [2.45, 2.75) is 19.9 Å². The van der Waals surface area contributed by atoms with Gasteiger partial charge in [-0.3, -0.25) is 9.59 Å². The molecule has 29 heavy (non-hydrogen) atoms. The van der Waals surface area contributed by atoms with Crippen LogP contribution >= 0.6 is 0 Å². The quantitative estimate of drug-likeness (QED) is 0.706. The first-order chi connectivity index (χ1) is 13.8. The molecule has 0 heterocycles. The lowest BCUT2D eigenvalue weighted by Gasteiger charge is -2.22. The summed E-state index contributed by atoms with van der Waals surface area (Å²) in [6.45, 7) is 3.56. The predicted octanol–water partition coefficient (Wildman–Crippen LogP) is 3.24. The fraction of sp³-hybridized carbons (Fsp3) is 0.333. The Balaban J connectivity index is 2.24. The van der Waals surface area contributed by atoms with Crippen molar-refractivity contribution in [2.75, 3.05) is 26.6 Å². The summed E-state index contributed by atoms with van der Waals surface area (Å²) in [6.07, 6.45) is 0. The van der Waals surface area contributed by atoms with Crippen molar-refractivity contribution in [3.8, 4) is 17.2 Å². The Morgan fingerprint density at radius 1 is 0.966 bits per heavy atom. The molecule has 156 valence electrons. The lowest BCUT2D eigenvalue weighted by Crippen LogP contribution is -2.47. The molecule has 2 aromatic carbocycles. The van der Waals surface area contributed by atoms with E-state index in [1.807, 2.05) is 0 Å². The van der Waals surface area contributed by atoms with Crippen molar-refractivity contribution in [1.82, 2.24) is 5.32 Å². The molecule has 0 spiro atoms. The number of carbonyl (C=O) groups is 2. The topological polar surface area (TPSA) is 85.9 Å². The SMILES string of the molecule is COc1cc(NC(=O)[C@@H](NC(=O)c2ccccc2F)C(C)C)cc(OC)c1OC. The lowest BCUT2D eigenvalue weighted by molar-refractivity contribution is -0.118. The minimum Gasteiger partial charge on any atom is -0.493 e. The van der Waals surface area contributed by atoms with E-state index in [0.717, 1.165) is 0 Å². The van der Waals surface area contributed by atoms with Gasteiger partial charge in [-0.2, -0.15) is 0 Å². The summed E-state index contributed by atoms with van der Waals surface area (Å²) in [5.41, 5.74) is 0.272. The third kappa shape index (κ3) is 5.16. The molecule has 2 N–H and O–H groups in total. The van der Waals surface area contributed by atoms with Gasteiger partial charge in [0.25, 0.3) is 5.91 Å². The molecule has 0 aromatic heterocycles. The Morgan fingerprint density at radius 2 is 1.55 bits per heavy atom. The van der Waals surface area contributed by atoms with E-state index < -0.39 is 23.7 Å². The molecule has 2 aromatic rings. The van der Waals surface area contributed by atoms with Crippen LogP contribution in [0.1, 0.15) is 24.2 Å². The number of benzene rings is 2. The Kier molecular flexibility index (Phi) is 7.41. The molecular weight excluding hydrogens is 379 g/mol. The summed E-state index contributed by atoms with van der Waals surface area (Å²) < 4.78 is 29.7. The fourth-order valence-electron chi connectivity index (χ4n) is 2.77. The summed E-state index contributed by atoms with van der Waals surface area (Å²) in [7, 11) is 4.41. The second-order valence-electron chi connectivity index (χ2n) is 6.58. The zero-order chi connectivity index (χ0) is 21.6. The van der Waals surface area contributed by atoms with E-state index in [1.54, 1.807) is 32.0 Å². The number of nitrogens with one attached hydrogen (secondary N) is 2. The summed E-state index contributed by atoms with van der Waals surface area (Å²) in [4.78, 5) is 25.3. The van der Waals surface area contributed by atoms with E-state index in [1.165, 1.54) is 39.5 Å². The maximum atomic E-state index is 13.9. The van der Waals surface area contributed by atoms with Crippen LogP contribution in [0.25, 0.3) is 0 Å². The largest absolute Gasteiger partial charge is 0.493 e. The van der Waals surface area contributed by atoms with Crippen LogP contribution in [0.3, 0.4) is 0 Å². The number of rotatable bonds is 8. The standard InChI is InChI=1S/C21H25FN2O5/c1-12(2)18(24-20(25)14-8-6-7-9-15(14)22)21(26)23-13-10-16(27-3)19(29-5)17(11-13)28-4/h6-12,18H,1-5H3,(H,23,26)(H,24,25)/t18-/m0/s1. The molecule has 8 heteroatoms. The monoisotopic (exact) mass is 404 g/mol. The highest BCUT2D eigenvalue weighted by Crippen LogP contribution is 2.40. The van der Waals surface area contributed by atoms with E-state index in [0.29, 0.717) is 22.9 Å². The van der Waals surface area contributed by atoms with Gasteiger partial charge in [0.2, 0.25) is 11.7 Å². The molecule has 0 fully saturated rings. The molecule has 0 aliphatic carbocycles. The first-order valence-electron chi connectivity index (χ1n) is 8.98. The third-order valence-corrected chi connectivity index (χ3v) is 4.29. The van der Waals surface area contributed by atoms with Gasteiger partial charge in [-0.05, 0) is 18.1 Å². The number of hydrogen-bond acceptors (Lipinski definition) is 5. The molecule has 0 bridgehead atoms. The number of anilines is 1. The second kappa shape index (κ2) is 9.77. The third-order valence-electron chi connectivity index (χ3n) is 4.29. The van der Waals surface area contributed by atoms with Gasteiger partial charge in [0.15, 0.2) is 11.5 Å². The van der Waals surface area contributed by atoms with E-state index in [4.69, 9.17) is 14.2 Å². The molecule has 0 saturated carbocycles. The van der Waals surface area contributed by atoms with E-state index >= 15 is 0 Å². The summed E-state index contributed by atoms with van der Waals surface area (Å²) in [5.74, 6) is -0.885. The molecule has 2 rings (SSSR count). The first-order valence-corrected chi connectivity index (χ1v) is 8.98. The number of methoxy groups -OCH3 is 3. The minimum atomic E-state index is -0.888. The number of hydrogen-bond donors (Lipinski definition) is 2. The minimum absolute atomic E-state index is 0.126. The van der Waals surface area contributed by atoms with Crippen LogP contribution in [0.5, 0.6) is 17.2 Å². The van der Waals surface area contributed by atoms with Crippen LogP contribution in [0.2, 0.25) is 0 Å². The number of amides is 2. The number of halogens is 1. The van der Waals surface area contributed by atoms with E-state index in [9.17, 15) is 14.0 Å². The normalized spacial score (nSPS) is 11.6. The van der Waals surface area contributed by atoms with Gasteiger partial charge >= 0.3 is 0 Å². The van der Waals surface area contributed by atoms with Crippen molar-refractivity contribution in [2.24, 2.45) is 5.92 Å². The molecule has 0 radical (unpaired) electrons. The van der Waals surface area contributed by atoms with Gasteiger partial charge < -0.3 is 24.8 Å². The van der Waals surface area contributed by atoms with E-state index in [2.05, 4.69) is 10.6 Å². The van der Waals surface area contributed by atoms with Gasteiger partial charge in [0, 0.05) is 17.8 Å². The number of ether oxygens (including phenoxy) is 3. The molecular formula is C21H25FN2O5. The summed E-state index contributed by atoms with van der Waals surface area (Å²) >= 11 is 0. The Morgan fingerprint density at radius 3 is 2.03 bits per heavy atom. The highest BCUT2D eigenvalue weighted by Gasteiger charge is 2.26. The smallest absolute Gasteiger partial charge is 0.254 e. The van der Waals surface area contributed by atoms with Gasteiger partial charge in [0.05, 0.1) is 26.9 Å². The molecule has 0 saturated heterocycles. The highest BCUT2D eigenvalue weighted by atomic mass is 19.1. The fourth-order valence-corrected chi connectivity index (χ4v) is 2.77. The lowest BCUT2D eigenvalue weighted by atomic mass is 10.0. The zero-order valence-electron chi connectivity index (χ0n) is 17.0. The predicted molar refractivity (Wildman–Crippen MR) is 107 cm³/mol. The van der Waals surface area contributed by atoms with Gasteiger partial charge in [-0.15, -0.1) is 0 Å². The second-order valence-corrected chi connectivity index (χ2v) is 6.58. The van der Waals surface area contributed by atoms with Crippen molar-refractivity contribution in [3.63, 3.8) is 0 Å². The van der Waals surface area contributed by atoms with Gasteiger partial charge in [-0.25, -0.2) is 4.39 Å². The Labute approximate surface area is 169 Å². The summed E-state index contributed by atoms with van der Waals surface area (Å²) in [5, 5.41) is 5.33. The van der Waals surface area contributed by atoms with Crippen LogP contribution in [-0.2, 0) is 4.79 Å². The number of carbonyl (C=O) groups excluding carboxylic acids is 2. The van der Waals surface area contributed by atoms with Crippen molar-refractivity contribution in [1.29, 1.82) is 0 Å². The molecule has 1 atom stereocenters. The van der Waals surface area contributed by atoms with Gasteiger partial charge in [-0.1, -0.05) is 26.0 Å². The molecule has 0 aliphatic heterocycles. The molecule has 2 amide bonds. The van der Waals surface area contributed by atoms with Crippen molar-refractivity contribution >= 4 is 17.5 Å². The molecule has 0 unspecified atom stereocenters. The van der Waals surface area contributed by atoms with Crippen LogP contribution in [0.4, 0.5) is 10.1 Å².